The van der Waals surface area contributed by atoms with Crippen molar-refractivity contribution < 1.29 is 0 Å². The van der Waals surface area contributed by atoms with E-state index in [0.29, 0.717) is 10.0 Å². The van der Waals surface area contributed by atoms with Gasteiger partial charge in [0.1, 0.15) is 0 Å². The molecule has 0 radical (unpaired) electrons. The van der Waals surface area contributed by atoms with Crippen LogP contribution >= 0.6 is 46.6 Å². The number of benzene rings is 1. The molecule has 0 fully saturated rings. The first-order valence-corrected chi connectivity index (χ1v) is 6.76. The predicted octanol–water partition coefficient (Wildman–Crippen LogP) is 4.86. The smallest absolute Gasteiger partial charge is 0.0595 e. The van der Waals surface area contributed by atoms with Crippen molar-refractivity contribution in [3.8, 4) is 0 Å². The molecule has 1 rings (SSSR count). The first kappa shape index (κ1) is 12.5. The minimum atomic E-state index is 0.612. The third-order valence-electron chi connectivity index (χ3n) is 1.68. The Labute approximate surface area is 104 Å². The van der Waals surface area contributed by atoms with Crippen molar-refractivity contribution in [3.63, 3.8) is 0 Å². The van der Waals surface area contributed by atoms with Crippen LogP contribution in [0.5, 0.6) is 0 Å². The van der Waals surface area contributed by atoms with Crippen LogP contribution < -0.4 is 0 Å². The Morgan fingerprint density at radius 2 is 1.93 bits per heavy atom. The van der Waals surface area contributed by atoms with E-state index in [9.17, 15) is 0 Å². The fourth-order valence-corrected chi connectivity index (χ4v) is 2.50. The minimum absolute atomic E-state index is 0.612. The van der Waals surface area contributed by atoms with Gasteiger partial charge in [0.15, 0.2) is 0 Å². The lowest BCUT2D eigenvalue weighted by Crippen LogP contribution is -1.84. The summed E-state index contributed by atoms with van der Waals surface area (Å²) < 4.78 is 0. The van der Waals surface area contributed by atoms with Gasteiger partial charge in [-0.3, -0.25) is 0 Å². The van der Waals surface area contributed by atoms with Gasteiger partial charge < -0.3 is 0 Å². The van der Waals surface area contributed by atoms with E-state index in [-0.39, 0.29) is 0 Å². The average molecular weight is 270 g/mol. The van der Waals surface area contributed by atoms with Gasteiger partial charge in [0.25, 0.3) is 0 Å². The van der Waals surface area contributed by atoms with E-state index in [4.69, 9.17) is 34.8 Å². The van der Waals surface area contributed by atoms with E-state index >= 15 is 0 Å². The van der Waals surface area contributed by atoms with Crippen LogP contribution in [-0.4, -0.2) is 11.6 Å². The van der Waals surface area contributed by atoms with Crippen molar-refractivity contribution in [2.75, 3.05) is 11.6 Å². The molecule has 0 atom stereocenters. The van der Waals surface area contributed by atoms with Crippen LogP contribution in [0.1, 0.15) is 12.0 Å². The van der Waals surface area contributed by atoms with Crippen molar-refractivity contribution in [1.82, 2.24) is 0 Å². The Kier molecular flexibility index (Phi) is 6.11. The third-order valence-corrected chi connectivity index (χ3v) is 3.80. The molecule has 0 aliphatic carbocycles. The first-order valence-electron chi connectivity index (χ1n) is 4.31. The maximum atomic E-state index is 5.89. The number of hydrogen-bond acceptors (Lipinski definition) is 1. The monoisotopic (exact) mass is 268 g/mol. The second-order valence-electron chi connectivity index (χ2n) is 2.84. The first-order chi connectivity index (χ1) is 6.74. The second kappa shape index (κ2) is 6.84. The lowest BCUT2D eigenvalue weighted by atomic mass is 10.2. The number of thioether (sulfide) groups is 1. The van der Waals surface area contributed by atoms with Gasteiger partial charge in [0.05, 0.1) is 10.0 Å². The van der Waals surface area contributed by atoms with E-state index in [1.165, 1.54) is 5.56 Å². The third kappa shape index (κ3) is 4.31. The summed E-state index contributed by atoms with van der Waals surface area (Å²) >= 11 is 19.1. The molecule has 4 heteroatoms. The molecule has 0 aromatic heterocycles. The standard InChI is InChI=1S/C10H11Cl3S/c11-4-1-5-14-7-8-2-3-9(12)10(13)6-8/h2-3,6H,1,4-5,7H2. The summed E-state index contributed by atoms with van der Waals surface area (Å²) in [5.41, 5.74) is 1.21. The maximum absolute atomic E-state index is 5.89. The van der Waals surface area contributed by atoms with E-state index in [1.54, 1.807) is 0 Å². The summed E-state index contributed by atoms with van der Waals surface area (Å²) in [6, 6.07) is 5.75. The van der Waals surface area contributed by atoms with E-state index in [2.05, 4.69) is 0 Å². The highest BCUT2D eigenvalue weighted by molar-refractivity contribution is 7.98. The molecule has 0 nitrogen and oxygen atoms in total. The number of halogens is 3. The molecule has 78 valence electrons. The zero-order chi connectivity index (χ0) is 10.4. The Morgan fingerprint density at radius 3 is 2.57 bits per heavy atom. The highest BCUT2D eigenvalue weighted by atomic mass is 35.5. The summed E-state index contributed by atoms with van der Waals surface area (Å²) in [6.45, 7) is 0. The molecule has 0 unspecified atom stereocenters. The Balaban J connectivity index is 2.39. The molecular weight excluding hydrogens is 259 g/mol. The van der Waals surface area contributed by atoms with Gasteiger partial charge in [-0.1, -0.05) is 29.3 Å². The SMILES string of the molecule is ClCCCSCc1ccc(Cl)c(Cl)c1. The largest absolute Gasteiger partial charge is 0.157 e. The van der Waals surface area contributed by atoms with Gasteiger partial charge in [0, 0.05) is 11.6 Å². The fraction of sp³-hybridized carbons (Fsp3) is 0.400. The summed E-state index contributed by atoms with van der Waals surface area (Å²) in [6.07, 6.45) is 1.05. The van der Waals surface area contributed by atoms with Gasteiger partial charge in [-0.15, -0.1) is 11.6 Å². The van der Waals surface area contributed by atoms with Crippen LogP contribution in [0.25, 0.3) is 0 Å². The lowest BCUT2D eigenvalue weighted by Gasteiger charge is -2.02. The number of alkyl halides is 1. The summed E-state index contributed by atoms with van der Waals surface area (Å²) in [7, 11) is 0. The maximum Gasteiger partial charge on any atom is 0.0595 e. The molecule has 0 saturated heterocycles. The van der Waals surface area contributed by atoms with Crippen LogP contribution in [0.15, 0.2) is 18.2 Å². The molecular formula is C10H11Cl3S. The number of hydrogen-bond donors (Lipinski definition) is 0. The zero-order valence-electron chi connectivity index (χ0n) is 7.60. The summed E-state index contributed by atoms with van der Waals surface area (Å²) in [5.74, 6) is 2.78. The molecule has 0 heterocycles. The van der Waals surface area contributed by atoms with E-state index in [1.807, 2.05) is 30.0 Å². The molecule has 0 amide bonds. The molecule has 0 aliphatic heterocycles. The van der Waals surface area contributed by atoms with Crippen molar-refractivity contribution in [3.05, 3.63) is 33.8 Å². The van der Waals surface area contributed by atoms with Crippen LogP contribution in [0.2, 0.25) is 10.0 Å². The topological polar surface area (TPSA) is 0 Å². The van der Waals surface area contributed by atoms with Gasteiger partial charge in [-0.05, 0) is 29.9 Å². The molecule has 1 aromatic rings. The van der Waals surface area contributed by atoms with Crippen LogP contribution in [0, 0.1) is 0 Å². The molecule has 0 bridgehead atoms. The zero-order valence-corrected chi connectivity index (χ0v) is 10.7. The Bertz CT molecular complexity index is 289. The van der Waals surface area contributed by atoms with Crippen LogP contribution in [-0.2, 0) is 5.75 Å². The van der Waals surface area contributed by atoms with Crippen molar-refractivity contribution >= 4 is 46.6 Å². The molecule has 0 spiro atoms. The normalized spacial score (nSPS) is 10.5. The Morgan fingerprint density at radius 1 is 1.14 bits per heavy atom. The highest BCUT2D eigenvalue weighted by Crippen LogP contribution is 2.24. The highest BCUT2D eigenvalue weighted by Gasteiger charge is 1.99. The van der Waals surface area contributed by atoms with Gasteiger partial charge >= 0.3 is 0 Å². The van der Waals surface area contributed by atoms with E-state index in [0.717, 1.165) is 23.8 Å². The van der Waals surface area contributed by atoms with Crippen LogP contribution in [0.3, 0.4) is 0 Å². The van der Waals surface area contributed by atoms with Crippen LogP contribution in [0.4, 0.5) is 0 Å². The molecule has 0 N–H and O–H groups in total. The van der Waals surface area contributed by atoms with Gasteiger partial charge in [0.2, 0.25) is 0 Å². The van der Waals surface area contributed by atoms with Crippen molar-refractivity contribution in [1.29, 1.82) is 0 Å². The average Bonchev–Trinajstić information content (AvgIpc) is 2.18. The quantitative estimate of drug-likeness (QED) is 0.543. The van der Waals surface area contributed by atoms with Crippen molar-refractivity contribution in [2.45, 2.75) is 12.2 Å². The molecule has 1 aromatic carbocycles. The summed E-state index contributed by atoms with van der Waals surface area (Å²) in [4.78, 5) is 0. The molecule has 14 heavy (non-hydrogen) atoms. The van der Waals surface area contributed by atoms with Gasteiger partial charge in [-0.25, -0.2) is 0 Å². The fourth-order valence-electron chi connectivity index (χ4n) is 0.976. The minimum Gasteiger partial charge on any atom is -0.157 e. The molecule has 0 aliphatic rings. The van der Waals surface area contributed by atoms with Crippen molar-refractivity contribution in [2.24, 2.45) is 0 Å². The predicted molar refractivity (Wildman–Crippen MR) is 68.0 cm³/mol. The molecule has 0 saturated carbocycles. The number of rotatable bonds is 5. The Hall–Kier alpha value is 0.440. The second-order valence-corrected chi connectivity index (χ2v) is 5.14. The van der Waals surface area contributed by atoms with E-state index < -0.39 is 0 Å². The lowest BCUT2D eigenvalue weighted by molar-refractivity contribution is 1.11. The van der Waals surface area contributed by atoms with Gasteiger partial charge in [-0.2, -0.15) is 11.8 Å². The summed E-state index contributed by atoms with van der Waals surface area (Å²) in [5, 5.41) is 1.24.